The predicted octanol–water partition coefficient (Wildman–Crippen LogP) is -0.0302. The van der Waals surface area contributed by atoms with Gasteiger partial charge in [-0.2, -0.15) is 0 Å². The first kappa shape index (κ1) is 16.9. The first-order valence-corrected chi connectivity index (χ1v) is 7.03. The van der Waals surface area contributed by atoms with Gasteiger partial charge >= 0.3 is 11.9 Å². The SMILES string of the molecule is COC(=O)C(C)(C)CNS(=O)(=O)CCCC(=O)O. The van der Waals surface area contributed by atoms with E-state index in [0.717, 1.165) is 0 Å². The molecule has 7 nitrogen and oxygen atoms in total. The van der Waals surface area contributed by atoms with Gasteiger partial charge < -0.3 is 9.84 Å². The molecule has 0 aromatic carbocycles. The summed E-state index contributed by atoms with van der Waals surface area (Å²) in [5.74, 6) is -1.84. The molecule has 0 aliphatic rings. The molecule has 0 aromatic heterocycles. The summed E-state index contributed by atoms with van der Waals surface area (Å²) in [6, 6.07) is 0. The molecule has 0 bridgehead atoms. The van der Waals surface area contributed by atoms with Gasteiger partial charge in [0, 0.05) is 13.0 Å². The first-order chi connectivity index (χ1) is 8.10. The number of ether oxygens (including phenoxy) is 1. The van der Waals surface area contributed by atoms with E-state index in [4.69, 9.17) is 5.11 Å². The molecule has 0 fully saturated rings. The lowest BCUT2D eigenvalue weighted by molar-refractivity contribution is -0.150. The summed E-state index contributed by atoms with van der Waals surface area (Å²) in [7, 11) is -2.35. The van der Waals surface area contributed by atoms with Crippen molar-refractivity contribution < 1.29 is 27.9 Å². The zero-order chi connectivity index (χ0) is 14.4. The van der Waals surface area contributed by atoms with Crippen LogP contribution in [0.4, 0.5) is 0 Å². The molecule has 2 N–H and O–H groups in total. The van der Waals surface area contributed by atoms with Crippen molar-refractivity contribution in [1.29, 1.82) is 0 Å². The molecule has 0 aromatic rings. The predicted molar refractivity (Wildman–Crippen MR) is 64.5 cm³/mol. The Labute approximate surface area is 107 Å². The number of hydrogen-bond acceptors (Lipinski definition) is 5. The van der Waals surface area contributed by atoms with Crippen molar-refractivity contribution in [2.75, 3.05) is 19.4 Å². The third-order valence-electron chi connectivity index (χ3n) is 2.28. The number of aliphatic carboxylic acids is 1. The van der Waals surface area contributed by atoms with Crippen LogP contribution >= 0.6 is 0 Å². The van der Waals surface area contributed by atoms with E-state index >= 15 is 0 Å². The third kappa shape index (κ3) is 6.55. The van der Waals surface area contributed by atoms with Gasteiger partial charge in [-0.25, -0.2) is 13.1 Å². The van der Waals surface area contributed by atoms with Gasteiger partial charge in [-0.3, -0.25) is 9.59 Å². The molecule has 0 amide bonds. The smallest absolute Gasteiger partial charge is 0.312 e. The monoisotopic (exact) mass is 281 g/mol. The lowest BCUT2D eigenvalue weighted by Gasteiger charge is -2.21. The number of rotatable bonds is 8. The van der Waals surface area contributed by atoms with Crippen LogP contribution in [0.2, 0.25) is 0 Å². The van der Waals surface area contributed by atoms with E-state index in [1.165, 1.54) is 7.11 Å². The van der Waals surface area contributed by atoms with Crippen LogP contribution in [0.1, 0.15) is 26.7 Å². The van der Waals surface area contributed by atoms with Crippen LogP contribution in [0.3, 0.4) is 0 Å². The number of methoxy groups -OCH3 is 1. The van der Waals surface area contributed by atoms with Crippen molar-refractivity contribution in [2.24, 2.45) is 5.41 Å². The molecule has 0 spiro atoms. The van der Waals surface area contributed by atoms with Gasteiger partial charge in [0.25, 0.3) is 0 Å². The molecule has 0 saturated carbocycles. The minimum atomic E-state index is -3.57. The molecule has 8 heteroatoms. The normalized spacial score (nSPS) is 12.2. The van der Waals surface area contributed by atoms with Crippen molar-refractivity contribution in [3.05, 3.63) is 0 Å². The fraction of sp³-hybridized carbons (Fsp3) is 0.800. The van der Waals surface area contributed by atoms with Gasteiger partial charge in [0.2, 0.25) is 10.0 Å². The van der Waals surface area contributed by atoms with Crippen LogP contribution in [0.5, 0.6) is 0 Å². The number of carbonyl (C=O) groups excluding carboxylic acids is 1. The number of sulfonamides is 1. The second kappa shape index (κ2) is 6.69. The fourth-order valence-electron chi connectivity index (χ4n) is 1.12. The molecular formula is C10H19NO6S. The Morgan fingerprint density at radius 2 is 1.89 bits per heavy atom. The maximum Gasteiger partial charge on any atom is 0.312 e. The largest absolute Gasteiger partial charge is 0.481 e. The first-order valence-electron chi connectivity index (χ1n) is 5.38. The lowest BCUT2D eigenvalue weighted by atomic mass is 9.94. The number of hydrogen-bond donors (Lipinski definition) is 2. The summed E-state index contributed by atoms with van der Waals surface area (Å²) < 4.78 is 29.8. The van der Waals surface area contributed by atoms with Crippen molar-refractivity contribution in [2.45, 2.75) is 26.7 Å². The highest BCUT2D eigenvalue weighted by Gasteiger charge is 2.30. The number of carbonyl (C=O) groups is 2. The van der Waals surface area contributed by atoms with Crippen LogP contribution in [0, 0.1) is 5.41 Å². The maximum absolute atomic E-state index is 11.5. The lowest BCUT2D eigenvalue weighted by Crippen LogP contribution is -2.40. The van der Waals surface area contributed by atoms with Crippen LogP contribution in [0.25, 0.3) is 0 Å². The van der Waals surface area contributed by atoms with Crippen LogP contribution in [-0.4, -0.2) is 44.9 Å². The van der Waals surface area contributed by atoms with Crippen molar-refractivity contribution in [3.63, 3.8) is 0 Å². The van der Waals surface area contributed by atoms with Crippen LogP contribution in [0.15, 0.2) is 0 Å². The molecule has 0 aliphatic heterocycles. The Bertz CT molecular complexity index is 401. The summed E-state index contributed by atoms with van der Waals surface area (Å²) in [4.78, 5) is 21.6. The summed E-state index contributed by atoms with van der Waals surface area (Å²) in [6.07, 6.45) is -0.176. The molecule has 0 atom stereocenters. The van der Waals surface area contributed by atoms with Crippen molar-refractivity contribution >= 4 is 22.0 Å². The van der Waals surface area contributed by atoms with E-state index in [9.17, 15) is 18.0 Å². The van der Waals surface area contributed by atoms with Gasteiger partial charge in [0.05, 0.1) is 18.3 Å². The highest BCUT2D eigenvalue weighted by molar-refractivity contribution is 7.89. The highest BCUT2D eigenvalue weighted by Crippen LogP contribution is 2.15. The van der Waals surface area contributed by atoms with E-state index in [1.807, 2.05) is 0 Å². The van der Waals surface area contributed by atoms with Crippen molar-refractivity contribution in [3.8, 4) is 0 Å². The molecule has 0 aliphatic carbocycles. The summed E-state index contributed by atoms with van der Waals surface area (Å²) in [6.45, 7) is 3.02. The third-order valence-corrected chi connectivity index (χ3v) is 3.69. The van der Waals surface area contributed by atoms with E-state index in [0.29, 0.717) is 0 Å². The summed E-state index contributed by atoms with van der Waals surface area (Å²) in [5.41, 5.74) is -0.964. The quantitative estimate of drug-likeness (QED) is 0.605. The van der Waals surface area contributed by atoms with Crippen molar-refractivity contribution in [1.82, 2.24) is 4.72 Å². The number of carboxylic acid groups (broad SMARTS) is 1. The number of esters is 1. The Kier molecular flexibility index (Phi) is 6.27. The van der Waals surface area contributed by atoms with Gasteiger partial charge in [-0.1, -0.05) is 0 Å². The second-order valence-electron chi connectivity index (χ2n) is 4.51. The maximum atomic E-state index is 11.5. The van der Waals surface area contributed by atoms with E-state index in [-0.39, 0.29) is 25.1 Å². The van der Waals surface area contributed by atoms with Gasteiger partial charge in [-0.05, 0) is 20.3 Å². The van der Waals surface area contributed by atoms with E-state index < -0.39 is 27.4 Å². The molecule has 0 saturated heterocycles. The molecular weight excluding hydrogens is 262 g/mol. The highest BCUT2D eigenvalue weighted by atomic mass is 32.2. The second-order valence-corrected chi connectivity index (χ2v) is 6.44. The zero-order valence-electron chi connectivity index (χ0n) is 10.7. The Morgan fingerprint density at radius 1 is 1.33 bits per heavy atom. The molecule has 0 radical (unpaired) electrons. The Balaban J connectivity index is 4.26. The fourth-order valence-corrected chi connectivity index (χ4v) is 2.37. The van der Waals surface area contributed by atoms with Gasteiger partial charge in [0.15, 0.2) is 0 Å². The molecule has 0 rings (SSSR count). The molecule has 18 heavy (non-hydrogen) atoms. The topological polar surface area (TPSA) is 110 Å². The zero-order valence-corrected chi connectivity index (χ0v) is 11.5. The average molecular weight is 281 g/mol. The minimum absolute atomic E-state index is 0.0311. The number of carboxylic acids is 1. The Hall–Kier alpha value is -1.15. The van der Waals surface area contributed by atoms with Crippen LogP contribution < -0.4 is 4.72 Å². The molecule has 0 unspecified atom stereocenters. The van der Waals surface area contributed by atoms with E-state index in [1.54, 1.807) is 13.8 Å². The number of nitrogens with one attached hydrogen (secondary N) is 1. The van der Waals surface area contributed by atoms with Gasteiger partial charge in [-0.15, -0.1) is 0 Å². The van der Waals surface area contributed by atoms with Crippen LogP contribution in [-0.2, 0) is 24.3 Å². The Morgan fingerprint density at radius 3 is 2.33 bits per heavy atom. The van der Waals surface area contributed by atoms with Gasteiger partial charge in [0.1, 0.15) is 0 Å². The average Bonchev–Trinajstić information content (AvgIpc) is 2.25. The summed E-state index contributed by atoms with van der Waals surface area (Å²) in [5, 5.41) is 8.40. The minimum Gasteiger partial charge on any atom is -0.481 e. The molecule has 106 valence electrons. The summed E-state index contributed by atoms with van der Waals surface area (Å²) >= 11 is 0. The molecule has 0 heterocycles. The standard InChI is InChI=1S/C10H19NO6S/c1-10(2,9(14)17-3)7-11-18(15,16)6-4-5-8(12)13/h11H,4-7H2,1-3H3,(H,12,13). The van der Waals surface area contributed by atoms with E-state index in [2.05, 4.69) is 9.46 Å².